The molecule has 2 aromatic heterocycles. The first kappa shape index (κ1) is 28.8. The van der Waals surface area contributed by atoms with Crippen molar-refractivity contribution in [3.8, 4) is 44.6 Å². The molecule has 2 nitrogen and oxygen atoms in total. The van der Waals surface area contributed by atoms with Gasteiger partial charge in [-0.2, -0.15) is 0 Å². The second-order valence-electron chi connectivity index (χ2n) is 14.5. The number of rotatable bonds is 2. The van der Waals surface area contributed by atoms with Crippen molar-refractivity contribution in [3.63, 3.8) is 0 Å². The Hall–Kier alpha value is -6.90. The van der Waals surface area contributed by atoms with E-state index in [9.17, 15) is 0 Å². The van der Waals surface area contributed by atoms with Crippen molar-refractivity contribution in [1.29, 1.82) is 0 Å². The summed E-state index contributed by atoms with van der Waals surface area (Å²) in [4.78, 5) is 9.74. The molecular weight excluding hydrogens is 641 g/mol. The molecule has 2 aliphatic carbocycles. The predicted octanol–water partition coefficient (Wildman–Crippen LogP) is 12.8. The summed E-state index contributed by atoms with van der Waals surface area (Å²) < 4.78 is 0. The van der Waals surface area contributed by atoms with Gasteiger partial charge in [0.05, 0.1) is 22.1 Å². The maximum Gasteiger partial charge on any atom is 0.0972 e. The molecule has 1 spiro atoms. The van der Waals surface area contributed by atoms with Crippen LogP contribution in [0, 0.1) is 0 Å². The van der Waals surface area contributed by atoms with Crippen LogP contribution in [0.1, 0.15) is 22.3 Å². The lowest BCUT2D eigenvalue weighted by Crippen LogP contribution is -2.26. The van der Waals surface area contributed by atoms with Crippen molar-refractivity contribution in [3.05, 3.63) is 204 Å². The number of aromatic nitrogens is 2. The van der Waals surface area contributed by atoms with Gasteiger partial charge in [0.2, 0.25) is 0 Å². The standard InChI is InChI=1S/C51H30N2/c1-2-10-38-32(8-1)23-27-45-47(38)42-26-22-37-30-36(21-25-39(37)48(42)51(45)43-13-5-3-11-40(43)41-12-4-6-14-44(41)51)31-15-17-33(18-16-31)46-28-24-35-20-19-34-9-7-29-52-49(34)50(35)53-46/h1-30H. The van der Waals surface area contributed by atoms with Crippen LogP contribution in [0.15, 0.2) is 182 Å². The third-order valence-corrected chi connectivity index (χ3v) is 11.9. The summed E-state index contributed by atoms with van der Waals surface area (Å²) in [7, 11) is 0. The average molecular weight is 671 g/mol. The van der Waals surface area contributed by atoms with E-state index in [0.717, 1.165) is 33.1 Å². The van der Waals surface area contributed by atoms with Crippen LogP contribution in [-0.2, 0) is 5.41 Å². The van der Waals surface area contributed by atoms with Crippen LogP contribution in [0.5, 0.6) is 0 Å². The van der Waals surface area contributed by atoms with E-state index in [-0.39, 0.29) is 0 Å². The minimum absolute atomic E-state index is 0.405. The fourth-order valence-corrected chi connectivity index (χ4v) is 9.64. The third-order valence-electron chi connectivity index (χ3n) is 11.9. The Morgan fingerprint density at radius 1 is 0.377 bits per heavy atom. The largest absolute Gasteiger partial charge is 0.254 e. The number of hydrogen-bond donors (Lipinski definition) is 0. The van der Waals surface area contributed by atoms with Gasteiger partial charge in [0, 0.05) is 22.5 Å². The van der Waals surface area contributed by atoms with Crippen LogP contribution in [-0.4, -0.2) is 9.97 Å². The quantitative estimate of drug-likeness (QED) is 0.171. The van der Waals surface area contributed by atoms with Crippen molar-refractivity contribution in [2.24, 2.45) is 0 Å². The van der Waals surface area contributed by atoms with E-state index in [0.29, 0.717) is 0 Å². The Bertz CT molecular complexity index is 3130. The monoisotopic (exact) mass is 670 g/mol. The highest BCUT2D eigenvalue weighted by Gasteiger charge is 2.52. The van der Waals surface area contributed by atoms with Gasteiger partial charge in [-0.3, -0.25) is 4.98 Å². The highest BCUT2D eigenvalue weighted by atomic mass is 14.7. The summed E-state index contributed by atoms with van der Waals surface area (Å²) in [6.45, 7) is 0. The molecule has 0 fully saturated rings. The molecule has 2 heteroatoms. The molecule has 0 aliphatic heterocycles. The topological polar surface area (TPSA) is 25.8 Å². The van der Waals surface area contributed by atoms with Crippen LogP contribution in [0.3, 0.4) is 0 Å². The van der Waals surface area contributed by atoms with E-state index < -0.39 is 5.41 Å². The maximum absolute atomic E-state index is 5.09. The van der Waals surface area contributed by atoms with Crippen LogP contribution >= 0.6 is 0 Å². The van der Waals surface area contributed by atoms with Crippen molar-refractivity contribution in [1.82, 2.24) is 9.97 Å². The summed E-state index contributed by atoms with van der Waals surface area (Å²) in [6, 6.07) is 64.9. The fourth-order valence-electron chi connectivity index (χ4n) is 9.64. The molecule has 244 valence electrons. The number of benzene rings is 8. The molecule has 0 atom stereocenters. The van der Waals surface area contributed by atoms with Crippen molar-refractivity contribution in [2.75, 3.05) is 0 Å². The minimum atomic E-state index is -0.405. The molecule has 8 aromatic carbocycles. The predicted molar refractivity (Wildman–Crippen MR) is 219 cm³/mol. The van der Waals surface area contributed by atoms with Crippen LogP contribution in [0.4, 0.5) is 0 Å². The molecule has 0 unspecified atom stereocenters. The van der Waals surface area contributed by atoms with E-state index in [4.69, 9.17) is 4.98 Å². The average Bonchev–Trinajstić information content (AvgIpc) is 3.71. The van der Waals surface area contributed by atoms with Crippen LogP contribution in [0.25, 0.3) is 88.0 Å². The van der Waals surface area contributed by atoms with E-state index >= 15 is 0 Å². The molecule has 0 bridgehead atoms. The van der Waals surface area contributed by atoms with Crippen molar-refractivity contribution in [2.45, 2.75) is 5.41 Å². The van der Waals surface area contributed by atoms with E-state index in [1.54, 1.807) is 0 Å². The molecular formula is C51H30N2. The van der Waals surface area contributed by atoms with Gasteiger partial charge in [0.15, 0.2) is 0 Å². The zero-order valence-corrected chi connectivity index (χ0v) is 28.7. The molecule has 12 rings (SSSR count). The number of nitrogens with zero attached hydrogens (tertiary/aromatic N) is 2. The Morgan fingerprint density at radius 2 is 1.02 bits per heavy atom. The molecule has 0 saturated carbocycles. The molecule has 0 radical (unpaired) electrons. The number of hydrogen-bond acceptors (Lipinski definition) is 2. The van der Waals surface area contributed by atoms with Gasteiger partial charge in [-0.05, 0) is 95.4 Å². The van der Waals surface area contributed by atoms with Gasteiger partial charge in [0.1, 0.15) is 0 Å². The molecule has 2 heterocycles. The lowest BCUT2D eigenvalue weighted by atomic mass is 9.69. The lowest BCUT2D eigenvalue weighted by molar-refractivity contribution is 0.802. The van der Waals surface area contributed by atoms with Crippen LogP contribution < -0.4 is 0 Å². The van der Waals surface area contributed by atoms with Crippen molar-refractivity contribution < 1.29 is 0 Å². The van der Waals surface area contributed by atoms with Crippen LogP contribution in [0.2, 0.25) is 0 Å². The normalized spacial score (nSPS) is 13.4. The van der Waals surface area contributed by atoms with E-state index in [1.807, 2.05) is 12.3 Å². The summed E-state index contributed by atoms with van der Waals surface area (Å²) in [5.74, 6) is 0. The third kappa shape index (κ3) is 3.82. The molecule has 2 aliphatic rings. The minimum Gasteiger partial charge on any atom is -0.254 e. The number of fused-ring (bicyclic) bond motifs is 17. The van der Waals surface area contributed by atoms with Gasteiger partial charge >= 0.3 is 0 Å². The first-order chi connectivity index (χ1) is 26.3. The highest BCUT2D eigenvalue weighted by Crippen LogP contribution is 2.65. The highest BCUT2D eigenvalue weighted by molar-refractivity contribution is 6.11. The molecule has 53 heavy (non-hydrogen) atoms. The Kier molecular flexibility index (Phi) is 5.73. The first-order valence-electron chi connectivity index (χ1n) is 18.3. The molecule has 0 N–H and O–H groups in total. The first-order valence-corrected chi connectivity index (χ1v) is 18.3. The van der Waals surface area contributed by atoms with Gasteiger partial charge in [-0.25, -0.2) is 4.98 Å². The molecule has 0 amide bonds. The van der Waals surface area contributed by atoms with E-state index in [1.165, 1.54) is 77.2 Å². The van der Waals surface area contributed by atoms with Gasteiger partial charge in [-0.1, -0.05) is 158 Å². The Morgan fingerprint density at radius 3 is 1.85 bits per heavy atom. The summed E-state index contributed by atoms with van der Waals surface area (Å²) in [6.07, 6.45) is 1.84. The Labute approximate surface area is 306 Å². The second-order valence-corrected chi connectivity index (χ2v) is 14.5. The zero-order chi connectivity index (χ0) is 34.7. The smallest absolute Gasteiger partial charge is 0.0972 e. The number of pyridine rings is 2. The SMILES string of the molecule is c1ccc2c(c1)-c1ccccc1C21c2ccc3ccccc3c2-c2ccc3cc(-c4ccc(-c5ccc6ccc7cccnc7c6n5)cc4)ccc3c21. The zero-order valence-electron chi connectivity index (χ0n) is 28.7. The van der Waals surface area contributed by atoms with E-state index in [2.05, 4.69) is 175 Å². The Balaban J connectivity index is 1.03. The molecule has 10 aromatic rings. The lowest BCUT2D eigenvalue weighted by Gasteiger charge is -2.31. The summed E-state index contributed by atoms with van der Waals surface area (Å²) in [5, 5.41) is 7.34. The van der Waals surface area contributed by atoms with Gasteiger partial charge in [-0.15, -0.1) is 0 Å². The fraction of sp³-hybridized carbons (Fsp3) is 0.0196. The summed E-state index contributed by atoms with van der Waals surface area (Å²) >= 11 is 0. The molecule has 0 saturated heterocycles. The summed E-state index contributed by atoms with van der Waals surface area (Å²) in [5.41, 5.74) is 16.8. The van der Waals surface area contributed by atoms with Gasteiger partial charge in [0.25, 0.3) is 0 Å². The maximum atomic E-state index is 5.09. The second kappa shape index (κ2) is 10.6. The van der Waals surface area contributed by atoms with Gasteiger partial charge < -0.3 is 0 Å². The van der Waals surface area contributed by atoms with Crippen molar-refractivity contribution >= 4 is 43.4 Å².